The maximum atomic E-state index is 12.8. The van der Waals surface area contributed by atoms with Crippen LogP contribution in [-0.2, 0) is 28.6 Å². The van der Waals surface area contributed by atoms with Crippen LogP contribution < -0.4 is 10.1 Å². The van der Waals surface area contributed by atoms with Crippen LogP contribution in [0.15, 0.2) is 18.3 Å². The van der Waals surface area contributed by atoms with Crippen molar-refractivity contribution in [3.05, 3.63) is 18.3 Å². The summed E-state index contributed by atoms with van der Waals surface area (Å²) in [6, 6.07) is 3.19. The zero-order chi connectivity index (χ0) is 22.4. The molecule has 0 spiro atoms. The van der Waals surface area contributed by atoms with Crippen molar-refractivity contribution in [3.63, 3.8) is 0 Å². The number of carbonyl (C=O) groups is 3. The Morgan fingerprint density at radius 2 is 1.83 bits per heavy atom. The minimum absolute atomic E-state index is 0.0968. The van der Waals surface area contributed by atoms with Gasteiger partial charge >= 0.3 is 17.8 Å². The van der Waals surface area contributed by atoms with Gasteiger partial charge in [-0.2, -0.15) is 0 Å². The minimum atomic E-state index is -0.984. The number of aromatic nitrogens is 1. The number of hydrogen-bond donors (Lipinski definition) is 1. The molecule has 1 N–H and O–H groups in total. The van der Waals surface area contributed by atoms with Gasteiger partial charge in [-0.25, -0.2) is 9.78 Å². The Kier molecular flexibility index (Phi) is 7.77. The standard InChI is InChI=1S/C21H30N2O7/c1-20(2,3)30-19(26)21(13-27-4)10-8-15(9-11-21)29-16-7-6-14(12-22-16)23-17(24)18(25)28-5/h6-7,12,15H,8-11,13H2,1-5H3,(H,23,24)/t15-,21-. The average Bonchev–Trinajstić information content (AvgIpc) is 2.69. The van der Waals surface area contributed by atoms with Crippen LogP contribution >= 0.6 is 0 Å². The number of rotatable bonds is 6. The van der Waals surface area contributed by atoms with Gasteiger partial charge in [0.15, 0.2) is 0 Å². The van der Waals surface area contributed by atoms with Gasteiger partial charge in [-0.3, -0.25) is 9.59 Å². The maximum absolute atomic E-state index is 12.8. The number of methoxy groups -OCH3 is 2. The monoisotopic (exact) mass is 422 g/mol. The summed E-state index contributed by atoms with van der Waals surface area (Å²) in [6.07, 6.45) is 3.80. The molecule has 0 unspecified atom stereocenters. The van der Waals surface area contributed by atoms with Gasteiger partial charge in [0.2, 0.25) is 5.88 Å². The van der Waals surface area contributed by atoms with E-state index in [1.807, 2.05) is 20.8 Å². The first-order valence-electron chi connectivity index (χ1n) is 9.83. The van der Waals surface area contributed by atoms with Crippen molar-refractivity contribution in [2.24, 2.45) is 5.41 Å². The van der Waals surface area contributed by atoms with Crippen molar-refractivity contribution in [1.82, 2.24) is 4.98 Å². The van der Waals surface area contributed by atoms with E-state index in [1.54, 1.807) is 19.2 Å². The number of pyridine rings is 1. The molecule has 9 heteroatoms. The number of esters is 2. The molecular formula is C21H30N2O7. The van der Waals surface area contributed by atoms with E-state index in [2.05, 4.69) is 15.0 Å². The summed E-state index contributed by atoms with van der Waals surface area (Å²) in [7, 11) is 2.71. The summed E-state index contributed by atoms with van der Waals surface area (Å²) < 4.78 is 21.2. The van der Waals surface area contributed by atoms with Crippen molar-refractivity contribution in [1.29, 1.82) is 0 Å². The molecular weight excluding hydrogens is 392 g/mol. The van der Waals surface area contributed by atoms with Gasteiger partial charge in [0.05, 0.1) is 31.0 Å². The van der Waals surface area contributed by atoms with E-state index in [-0.39, 0.29) is 12.1 Å². The largest absolute Gasteiger partial charge is 0.474 e. The van der Waals surface area contributed by atoms with Crippen LogP contribution in [0.25, 0.3) is 0 Å². The molecule has 166 valence electrons. The van der Waals surface area contributed by atoms with Gasteiger partial charge in [-0.15, -0.1) is 0 Å². The fraction of sp³-hybridized carbons (Fsp3) is 0.619. The Balaban J connectivity index is 1.93. The Hall–Kier alpha value is -2.68. The number of ether oxygens (including phenoxy) is 4. The third kappa shape index (κ3) is 6.41. The Labute approximate surface area is 176 Å². The normalized spacial score (nSPS) is 21.4. The lowest BCUT2D eigenvalue weighted by molar-refractivity contribution is -0.175. The first-order chi connectivity index (χ1) is 14.1. The van der Waals surface area contributed by atoms with Gasteiger partial charge in [0.25, 0.3) is 0 Å². The van der Waals surface area contributed by atoms with Crippen LogP contribution in [0.3, 0.4) is 0 Å². The third-order valence-corrected chi connectivity index (χ3v) is 4.79. The van der Waals surface area contributed by atoms with Gasteiger partial charge in [-0.1, -0.05) is 0 Å². The van der Waals surface area contributed by atoms with E-state index < -0.39 is 22.9 Å². The SMILES string of the molecule is COC[C@]1(C(=O)OC(C)(C)C)CC[C@H](Oc2ccc(NC(=O)C(=O)OC)cn2)CC1. The number of nitrogens with one attached hydrogen (secondary N) is 1. The number of anilines is 1. The molecule has 1 fully saturated rings. The second-order valence-corrected chi connectivity index (χ2v) is 8.36. The van der Waals surface area contributed by atoms with Gasteiger partial charge < -0.3 is 24.3 Å². The van der Waals surface area contributed by atoms with Crippen molar-refractivity contribution in [3.8, 4) is 5.88 Å². The smallest absolute Gasteiger partial charge is 0.396 e. The highest BCUT2D eigenvalue weighted by atomic mass is 16.6. The maximum Gasteiger partial charge on any atom is 0.396 e. The summed E-state index contributed by atoms with van der Waals surface area (Å²) in [5.41, 5.74) is -0.872. The Bertz CT molecular complexity index is 748. The Morgan fingerprint density at radius 3 is 2.33 bits per heavy atom. The number of nitrogens with zero attached hydrogens (tertiary/aromatic N) is 1. The summed E-state index contributed by atoms with van der Waals surface area (Å²) in [6.45, 7) is 5.86. The molecule has 9 nitrogen and oxygen atoms in total. The molecule has 0 aliphatic heterocycles. The highest BCUT2D eigenvalue weighted by Gasteiger charge is 2.45. The predicted octanol–water partition coefficient (Wildman–Crippen LogP) is 2.49. The van der Waals surface area contributed by atoms with Crippen LogP contribution in [0.2, 0.25) is 0 Å². The summed E-state index contributed by atoms with van der Waals surface area (Å²) in [5, 5.41) is 2.38. The van der Waals surface area contributed by atoms with Crippen LogP contribution in [0, 0.1) is 5.41 Å². The number of hydrogen-bond acceptors (Lipinski definition) is 8. The zero-order valence-corrected chi connectivity index (χ0v) is 18.1. The summed E-state index contributed by atoms with van der Waals surface area (Å²) >= 11 is 0. The molecule has 0 bridgehead atoms. The van der Waals surface area contributed by atoms with E-state index in [9.17, 15) is 14.4 Å². The number of amides is 1. The van der Waals surface area contributed by atoms with Crippen LogP contribution in [0.4, 0.5) is 5.69 Å². The number of carbonyl (C=O) groups excluding carboxylic acids is 3. The molecule has 1 aromatic rings. The van der Waals surface area contributed by atoms with Gasteiger partial charge in [-0.05, 0) is 52.5 Å². The molecule has 1 heterocycles. The van der Waals surface area contributed by atoms with E-state index in [4.69, 9.17) is 14.2 Å². The molecule has 0 radical (unpaired) electrons. The first kappa shape index (κ1) is 23.6. The lowest BCUT2D eigenvalue weighted by Crippen LogP contribution is -2.45. The van der Waals surface area contributed by atoms with Gasteiger partial charge in [0, 0.05) is 13.2 Å². The molecule has 30 heavy (non-hydrogen) atoms. The van der Waals surface area contributed by atoms with E-state index in [0.717, 1.165) is 7.11 Å². The van der Waals surface area contributed by atoms with Crippen molar-refractivity contribution >= 4 is 23.5 Å². The fourth-order valence-corrected chi connectivity index (χ4v) is 3.30. The predicted molar refractivity (Wildman–Crippen MR) is 108 cm³/mol. The molecule has 0 saturated heterocycles. The van der Waals surface area contributed by atoms with E-state index in [0.29, 0.717) is 43.9 Å². The van der Waals surface area contributed by atoms with Crippen LogP contribution in [-0.4, -0.2) is 55.4 Å². The lowest BCUT2D eigenvalue weighted by Gasteiger charge is -2.39. The molecule has 1 amide bonds. The quantitative estimate of drug-likeness (QED) is 0.550. The van der Waals surface area contributed by atoms with E-state index in [1.165, 1.54) is 6.20 Å². The summed E-state index contributed by atoms with van der Waals surface area (Å²) in [4.78, 5) is 39.6. The molecule has 1 aliphatic rings. The highest BCUT2D eigenvalue weighted by molar-refractivity contribution is 6.37. The fourth-order valence-electron chi connectivity index (χ4n) is 3.30. The van der Waals surface area contributed by atoms with Crippen molar-refractivity contribution in [2.75, 3.05) is 26.1 Å². The van der Waals surface area contributed by atoms with Crippen LogP contribution in [0.5, 0.6) is 5.88 Å². The molecule has 1 aliphatic carbocycles. The highest BCUT2D eigenvalue weighted by Crippen LogP contribution is 2.40. The molecule has 0 atom stereocenters. The van der Waals surface area contributed by atoms with E-state index >= 15 is 0 Å². The third-order valence-electron chi connectivity index (χ3n) is 4.79. The van der Waals surface area contributed by atoms with Crippen molar-refractivity contribution in [2.45, 2.75) is 58.2 Å². The second kappa shape index (κ2) is 9.88. The first-order valence-corrected chi connectivity index (χ1v) is 9.83. The van der Waals surface area contributed by atoms with Crippen molar-refractivity contribution < 1.29 is 33.3 Å². The molecule has 1 aromatic heterocycles. The Morgan fingerprint density at radius 1 is 1.17 bits per heavy atom. The van der Waals surface area contributed by atoms with Crippen LogP contribution in [0.1, 0.15) is 46.5 Å². The molecule has 2 rings (SSSR count). The second-order valence-electron chi connectivity index (χ2n) is 8.36. The zero-order valence-electron chi connectivity index (χ0n) is 18.1. The molecule has 1 saturated carbocycles. The topological polar surface area (TPSA) is 113 Å². The lowest BCUT2D eigenvalue weighted by atomic mass is 9.73. The average molecular weight is 422 g/mol. The minimum Gasteiger partial charge on any atom is -0.474 e. The van der Waals surface area contributed by atoms with Gasteiger partial charge in [0.1, 0.15) is 11.7 Å². The molecule has 0 aromatic carbocycles. The summed E-state index contributed by atoms with van der Waals surface area (Å²) in [5.74, 6) is -1.70.